The van der Waals surface area contributed by atoms with Crippen LogP contribution < -0.4 is 0 Å². The van der Waals surface area contributed by atoms with Crippen molar-refractivity contribution in [2.45, 2.75) is 19.9 Å². The number of aromatic amines is 2. The van der Waals surface area contributed by atoms with Gasteiger partial charge < -0.3 is 9.64 Å². The summed E-state index contributed by atoms with van der Waals surface area (Å²) in [6, 6.07) is 5.53. The first-order valence-electron chi connectivity index (χ1n) is 7.99. The monoisotopic (exact) mass is 325 g/mol. The molecule has 0 saturated carbocycles. The van der Waals surface area contributed by atoms with Gasteiger partial charge in [0.25, 0.3) is 5.91 Å². The number of fused-ring (bicyclic) bond motifs is 1. The van der Waals surface area contributed by atoms with E-state index in [0.717, 1.165) is 27.9 Å². The van der Waals surface area contributed by atoms with Crippen LogP contribution in [0.4, 0.5) is 0 Å². The van der Waals surface area contributed by atoms with Crippen molar-refractivity contribution >= 4 is 16.8 Å². The average molecular weight is 325 g/mol. The predicted molar refractivity (Wildman–Crippen MR) is 88.8 cm³/mol. The van der Waals surface area contributed by atoms with Crippen molar-refractivity contribution < 1.29 is 9.53 Å². The fourth-order valence-corrected chi connectivity index (χ4v) is 3.44. The summed E-state index contributed by atoms with van der Waals surface area (Å²) in [6.45, 7) is 5.50. The summed E-state index contributed by atoms with van der Waals surface area (Å²) < 4.78 is 5.65. The fourth-order valence-electron chi connectivity index (χ4n) is 3.44. The Labute approximate surface area is 139 Å². The molecule has 0 aliphatic carbocycles. The number of carbonyl (C=O) groups is 1. The zero-order valence-electron chi connectivity index (χ0n) is 13.7. The van der Waals surface area contributed by atoms with Gasteiger partial charge in [0.15, 0.2) is 0 Å². The number of nitrogens with one attached hydrogen (secondary N) is 2. The van der Waals surface area contributed by atoms with Crippen LogP contribution in [0.25, 0.3) is 10.9 Å². The van der Waals surface area contributed by atoms with Gasteiger partial charge in [-0.3, -0.25) is 15.0 Å². The Bertz CT molecular complexity index is 878. The number of amides is 1. The molecular weight excluding hydrogens is 306 g/mol. The molecule has 1 aliphatic rings. The molecule has 1 aromatic carbocycles. The maximum absolute atomic E-state index is 13.2. The molecular formula is C17H19N5O2. The van der Waals surface area contributed by atoms with Crippen molar-refractivity contribution in [2.24, 2.45) is 0 Å². The van der Waals surface area contributed by atoms with Gasteiger partial charge in [0.05, 0.1) is 42.2 Å². The van der Waals surface area contributed by atoms with Crippen LogP contribution in [0.5, 0.6) is 0 Å². The number of aromatic nitrogens is 4. The van der Waals surface area contributed by atoms with Gasteiger partial charge in [-0.15, -0.1) is 0 Å². The third-order valence-corrected chi connectivity index (χ3v) is 4.61. The molecule has 0 bridgehead atoms. The highest BCUT2D eigenvalue weighted by Gasteiger charge is 2.33. The van der Waals surface area contributed by atoms with Crippen LogP contribution in [-0.4, -0.2) is 51.0 Å². The zero-order chi connectivity index (χ0) is 16.7. The Kier molecular flexibility index (Phi) is 3.57. The lowest BCUT2D eigenvalue weighted by atomic mass is 10.0. The molecule has 7 heteroatoms. The molecule has 2 aromatic heterocycles. The van der Waals surface area contributed by atoms with Gasteiger partial charge in [0.1, 0.15) is 0 Å². The normalized spacial score (nSPS) is 18.2. The fraction of sp³-hybridized carbons (Fsp3) is 0.353. The third kappa shape index (κ3) is 2.28. The summed E-state index contributed by atoms with van der Waals surface area (Å²) in [5, 5.41) is 15.2. The minimum Gasteiger partial charge on any atom is -0.377 e. The lowest BCUT2D eigenvalue weighted by molar-refractivity contribution is -0.00292. The molecule has 1 fully saturated rings. The van der Waals surface area contributed by atoms with Gasteiger partial charge in [-0.25, -0.2) is 0 Å². The third-order valence-electron chi connectivity index (χ3n) is 4.61. The van der Waals surface area contributed by atoms with E-state index in [4.69, 9.17) is 4.74 Å². The lowest BCUT2D eigenvalue weighted by Gasteiger charge is -2.36. The molecule has 1 saturated heterocycles. The maximum Gasteiger partial charge on any atom is 0.256 e. The minimum absolute atomic E-state index is 0.0156. The first-order chi connectivity index (χ1) is 11.7. The van der Waals surface area contributed by atoms with E-state index in [1.165, 1.54) is 0 Å². The second-order valence-corrected chi connectivity index (χ2v) is 6.08. The highest BCUT2D eigenvalue weighted by atomic mass is 16.5. The van der Waals surface area contributed by atoms with E-state index in [2.05, 4.69) is 20.4 Å². The van der Waals surface area contributed by atoms with Gasteiger partial charge in [0, 0.05) is 23.2 Å². The van der Waals surface area contributed by atoms with E-state index in [-0.39, 0.29) is 11.9 Å². The minimum atomic E-state index is -0.136. The number of morpholine rings is 1. The number of H-pyrrole nitrogens is 2. The number of para-hydroxylation sites is 1. The van der Waals surface area contributed by atoms with Gasteiger partial charge in [-0.1, -0.05) is 12.1 Å². The van der Waals surface area contributed by atoms with Gasteiger partial charge in [0.2, 0.25) is 0 Å². The molecule has 3 aromatic rings. The van der Waals surface area contributed by atoms with Crippen LogP contribution >= 0.6 is 0 Å². The molecule has 24 heavy (non-hydrogen) atoms. The Morgan fingerprint density at radius 2 is 2.21 bits per heavy atom. The van der Waals surface area contributed by atoms with Crippen molar-refractivity contribution in [1.29, 1.82) is 0 Å². The van der Waals surface area contributed by atoms with Crippen LogP contribution in [0.15, 0.2) is 24.4 Å². The number of hydrogen-bond donors (Lipinski definition) is 2. The first kappa shape index (κ1) is 14.9. The molecule has 0 unspecified atom stereocenters. The second kappa shape index (κ2) is 5.76. The Hall–Kier alpha value is -2.67. The van der Waals surface area contributed by atoms with Crippen molar-refractivity contribution in [3.8, 4) is 0 Å². The summed E-state index contributed by atoms with van der Waals surface area (Å²) in [7, 11) is 0. The molecule has 124 valence electrons. The van der Waals surface area contributed by atoms with Gasteiger partial charge in [-0.2, -0.15) is 10.2 Å². The molecule has 0 spiro atoms. The maximum atomic E-state index is 13.2. The molecule has 0 radical (unpaired) electrons. The van der Waals surface area contributed by atoms with E-state index in [9.17, 15) is 4.79 Å². The number of nitrogens with zero attached hydrogens (tertiary/aromatic N) is 3. The van der Waals surface area contributed by atoms with E-state index in [0.29, 0.717) is 25.3 Å². The number of hydrogen-bond acceptors (Lipinski definition) is 4. The Balaban J connectivity index is 1.75. The zero-order valence-corrected chi connectivity index (χ0v) is 13.7. The number of ether oxygens (including phenoxy) is 1. The highest BCUT2D eigenvalue weighted by Crippen LogP contribution is 2.30. The van der Waals surface area contributed by atoms with Crippen molar-refractivity contribution in [1.82, 2.24) is 25.3 Å². The summed E-state index contributed by atoms with van der Waals surface area (Å²) in [5.41, 5.74) is 4.32. The van der Waals surface area contributed by atoms with Crippen LogP contribution in [0.2, 0.25) is 0 Å². The molecule has 1 atom stereocenters. The largest absolute Gasteiger partial charge is 0.377 e. The summed E-state index contributed by atoms with van der Waals surface area (Å²) in [4.78, 5) is 15.1. The Morgan fingerprint density at radius 1 is 1.33 bits per heavy atom. The molecule has 1 aliphatic heterocycles. The number of rotatable bonds is 2. The standard InChI is InChI=1S/C17H19N5O2/c1-10-15(11(2)20-19-10)14-9-24-7-6-22(14)17(23)13-5-3-4-12-8-18-21-16(12)13/h3-5,8,14H,6-7,9H2,1-2H3,(H,18,21)(H,19,20)/t14-/m0/s1. The number of aryl methyl sites for hydroxylation is 2. The van der Waals surface area contributed by atoms with E-state index in [1.54, 1.807) is 6.20 Å². The molecule has 2 N–H and O–H groups in total. The molecule has 3 heterocycles. The van der Waals surface area contributed by atoms with Crippen LogP contribution in [0, 0.1) is 13.8 Å². The topological polar surface area (TPSA) is 86.9 Å². The van der Waals surface area contributed by atoms with Crippen molar-refractivity contribution in [3.63, 3.8) is 0 Å². The van der Waals surface area contributed by atoms with Crippen LogP contribution in [-0.2, 0) is 4.74 Å². The lowest BCUT2D eigenvalue weighted by Crippen LogP contribution is -2.43. The summed E-state index contributed by atoms with van der Waals surface area (Å²) in [6.07, 6.45) is 1.73. The molecule has 1 amide bonds. The van der Waals surface area contributed by atoms with Crippen molar-refractivity contribution in [2.75, 3.05) is 19.8 Å². The first-order valence-corrected chi connectivity index (χ1v) is 7.99. The SMILES string of the molecule is Cc1n[nH]c(C)c1[C@@H]1COCCN1C(=O)c1cccc2cn[nH]c12. The van der Waals surface area contributed by atoms with E-state index >= 15 is 0 Å². The smallest absolute Gasteiger partial charge is 0.256 e. The average Bonchev–Trinajstić information content (AvgIpc) is 3.20. The Morgan fingerprint density at radius 3 is 3.00 bits per heavy atom. The van der Waals surface area contributed by atoms with Gasteiger partial charge >= 0.3 is 0 Å². The predicted octanol–water partition coefficient (Wildman–Crippen LogP) is 2.12. The van der Waals surface area contributed by atoms with Crippen molar-refractivity contribution in [3.05, 3.63) is 46.9 Å². The van der Waals surface area contributed by atoms with E-state index < -0.39 is 0 Å². The molecule has 7 nitrogen and oxygen atoms in total. The highest BCUT2D eigenvalue weighted by molar-refractivity contribution is 6.05. The van der Waals surface area contributed by atoms with E-state index in [1.807, 2.05) is 36.9 Å². The summed E-state index contributed by atoms with van der Waals surface area (Å²) >= 11 is 0. The van der Waals surface area contributed by atoms with Crippen LogP contribution in [0.3, 0.4) is 0 Å². The quantitative estimate of drug-likeness (QED) is 0.755. The molecule has 4 rings (SSSR count). The number of carbonyl (C=O) groups excluding carboxylic acids is 1. The van der Waals surface area contributed by atoms with Crippen LogP contribution in [0.1, 0.15) is 33.4 Å². The number of benzene rings is 1. The summed E-state index contributed by atoms with van der Waals surface area (Å²) in [5.74, 6) is -0.0156. The second-order valence-electron chi connectivity index (χ2n) is 6.08. The van der Waals surface area contributed by atoms with Gasteiger partial charge in [-0.05, 0) is 19.9 Å².